The Morgan fingerprint density at radius 1 is 1.16 bits per heavy atom. The van der Waals surface area contributed by atoms with Crippen molar-refractivity contribution in [3.05, 3.63) is 70.8 Å². The molecule has 0 spiro atoms. The highest BCUT2D eigenvalue weighted by atomic mass is 32.2. The van der Waals surface area contributed by atoms with Crippen LogP contribution < -0.4 is 10.5 Å². The minimum Gasteiger partial charge on any atom is -0.366 e. The highest BCUT2D eigenvalue weighted by Gasteiger charge is 2.32. The second-order valence-corrected chi connectivity index (χ2v) is 9.50. The number of ether oxygens (including phenoxy) is 1. The van der Waals surface area contributed by atoms with Crippen molar-refractivity contribution < 1.29 is 17.9 Å². The van der Waals surface area contributed by atoms with Crippen LogP contribution in [0.1, 0.15) is 10.4 Å². The molecule has 0 bridgehead atoms. The Kier molecular flexibility index (Phi) is 5.90. The maximum Gasteiger partial charge on any atom is 0.255 e. The van der Waals surface area contributed by atoms with Gasteiger partial charge in [0.15, 0.2) is 15.6 Å². The molecule has 1 saturated heterocycles. The molecule has 0 amide bonds. The number of benzene rings is 1. The highest BCUT2D eigenvalue weighted by Crippen LogP contribution is 2.23. The van der Waals surface area contributed by atoms with E-state index in [0.29, 0.717) is 18.2 Å². The Labute approximate surface area is 185 Å². The summed E-state index contributed by atoms with van der Waals surface area (Å²) in [7, 11) is -1.97. The summed E-state index contributed by atoms with van der Waals surface area (Å²) >= 11 is 0. The first-order valence-electron chi connectivity index (χ1n) is 9.94. The lowest BCUT2D eigenvalue weighted by Crippen LogP contribution is -2.48. The summed E-state index contributed by atoms with van der Waals surface area (Å²) in [6.07, 6.45) is 3.42. The average molecular weight is 455 g/mol. The summed E-state index contributed by atoms with van der Waals surface area (Å²) in [5.74, 6) is -0.0205. The van der Waals surface area contributed by atoms with E-state index in [9.17, 15) is 18.0 Å². The molecule has 10 heteroatoms. The fourth-order valence-electron chi connectivity index (χ4n) is 3.64. The van der Waals surface area contributed by atoms with Crippen LogP contribution in [0.2, 0.25) is 0 Å². The SMILES string of the molecule is Cn1c(N2CCOC(C(=O)c3ccccc3S(C)(=O)=O)C2)nc(-c2ccncc2)cc1=O. The number of Topliss-reactive ketones (excluding diaryl/α,β-unsaturated/α-hetero) is 1. The third-order valence-electron chi connectivity index (χ3n) is 5.28. The molecule has 1 aliphatic rings. The maximum absolute atomic E-state index is 13.2. The summed E-state index contributed by atoms with van der Waals surface area (Å²) in [4.78, 5) is 36.2. The number of nitrogens with zero attached hydrogens (tertiary/aromatic N) is 4. The fourth-order valence-corrected chi connectivity index (χ4v) is 4.53. The largest absolute Gasteiger partial charge is 0.366 e. The van der Waals surface area contributed by atoms with Crippen LogP contribution in [0.5, 0.6) is 0 Å². The minimum atomic E-state index is -3.58. The van der Waals surface area contributed by atoms with Crippen molar-refractivity contribution in [1.82, 2.24) is 14.5 Å². The first-order chi connectivity index (χ1) is 15.3. The van der Waals surface area contributed by atoms with Crippen LogP contribution in [0.3, 0.4) is 0 Å². The van der Waals surface area contributed by atoms with E-state index in [-0.39, 0.29) is 29.2 Å². The zero-order valence-corrected chi connectivity index (χ0v) is 18.4. The van der Waals surface area contributed by atoms with Gasteiger partial charge in [0, 0.05) is 49.4 Å². The third kappa shape index (κ3) is 4.32. The van der Waals surface area contributed by atoms with Gasteiger partial charge in [-0.25, -0.2) is 13.4 Å². The number of sulfone groups is 1. The van der Waals surface area contributed by atoms with E-state index in [1.165, 1.54) is 22.8 Å². The molecule has 0 saturated carbocycles. The van der Waals surface area contributed by atoms with Gasteiger partial charge in [0.1, 0.15) is 6.10 Å². The van der Waals surface area contributed by atoms with Crippen molar-refractivity contribution in [2.24, 2.45) is 7.05 Å². The Balaban J connectivity index is 1.67. The van der Waals surface area contributed by atoms with Crippen molar-refractivity contribution in [1.29, 1.82) is 0 Å². The van der Waals surface area contributed by atoms with Gasteiger partial charge < -0.3 is 9.64 Å². The zero-order chi connectivity index (χ0) is 22.9. The van der Waals surface area contributed by atoms with E-state index in [0.717, 1.165) is 11.8 Å². The molecule has 32 heavy (non-hydrogen) atoms. The van der Waals surface area contributed by atoms with Crippen LogP contribution in [0.15, 0.2) is 64.5 Å². The van der Waals surface area contributed by atoms with Gasteiger partial charge in [0.2, 0.25) is 5.95 Å². The molecule has 166 valence electrons. The number of hydrogen-bond acceptors (Lipinski definition) is 8. The lowest BCUT2D eigenvalue weighted by Gasteiger charge is -2.34. The molecule has 0 aliphatic carbocycles. The van der Waals surface area contributed by atoms with Crippen LogP contribution in [-0.2, 0) is 21.6 Å². The van der Waals surface area contributed by atoms with E-state index >= 15 is 0 Å². The number of carbonyl (C=O) groups is 1. The van der Waals surface area contributed by atoms with Crippen molar-refractivity contribution in [3.63, 3.8) is 0 Å². The topological polar surface area (TPSA) is 111 Å². The Hall–Kier alpha value is -3.37. The van der Waals surface area contributed by atoms with E-state index in [1.54, 1.807) is 48.6 Å². The van der Waals surface area contributed by atoms with Crippen molar-refractivity contribution in [3.8, 4) is 11.3 Å². The summed E-state index contributed by atoms with van der Waals surface area (Å²) in [5.41, 5.74) is 1.11. The van der Waals surface area contributed by atoms with Gasteiger partial charge >= 0.3 is 0 Å². The maximum atomic E-state index is 13.2. The van der Waals surface area contributed by atoms with Crippen molar-refractivity contribution in [2.75, 3.05) is 30.9 Å². The zero-order valence-electron chi connectivity index (χ0n) is 17.6. The Morgan fingerprint density at radius 2 is 1.88 bits per heavy atom. The number of ketones is 1. The van der Waals surface area contributed by atoms with Gasteiger partial charge in [0.05, 0.1) is 23.7 Å². The van der Waals surface area contributed by atoms with E-state index in [1.807, 2.05) is 0 Å². The molecule has 1 fully saturated rings. The summed E-state index contributed by atoms with van der Waals surface area (Å²) in [5, 5.41) is 0. The van der Waals surface area contributed by atoms with Gasteiger partial charge in [-0.15, -0.1) is 0 Å². The van der Waals surface area contributed by atoms with E-state index in [2.05, 4.69) is 9.97 Å². The first-order valence-corrected chi connectivity index (χ1v) is 11.8. The van der Waals surface area contributed by atoms with Crippen molar-refractivity contribution in [2.45, 2.75) is 11.0 Å². The molecule has 9 nitrogen and oxygen atoms in total. The van der Waals surface area contributed by atoms with Crippen LogP contribution in [-0.4, -0.2) is 60.8 Å². The van der Waals surface area contributed by atoms with Gasteiger partial charge in [-0.2, -0.15) is 0 Å². The number of hydrogen-bond donors (Lipinski definition) is 0. The normalized spacial score (nSPS) is 16.7. The summed E-state index contributed by atoms with van der Waals surface area (Å²) in [6.45, 7) is 0.793. The van der Waals surface area contributed by atoms with Gasteiger partial charge in [-0.1, -0.05) is 12.1 Å². The number of anilines is 1. The van der Waals surface area contributed by atoms with E-state index < -0.39 is 21.7 Å². The van der Waals surface area contributed by atoms with Gasteiger partial charge in [0.25, 0.3) is 5.56 Å². The standard InChI is InChI=1S/C22H22N4O5S/c1-25-20(27)13-17(15-7-9-23-10-8-15)24-22(25)26-11-12-31-18(14-26)21(28)16-5-3-4-6-19(16)32(2,29)30/h3-10,13,18H,11-12,14H2,1-2H3. The molecule has 0 N–H and O–H groups in total. The lowest BCUT2D eigenvalue weighted by atomic mass is 10.0. The lowest BCUT2D eigenvalue weighted by molar-refractivity contribution is 0.0334. The molecule has 1 unspecified atom stereocenters. The number of morpholine rings is 1. The molecular weight excluding hydrogens is 432 g/mol. The fraction of sp³-hybridized carbons (Fsp3) is 0.273. The van der Waals surface area contributed by atoms with Gasteiger partial charge in [-0.05, 0) is 24.3 Å². The molecular formula is C22H22N4O5S. The number of pyridine rings is 1. The average Bonchev–Trinajstić information content (AvgIpc) is 2.80. The summed E-state index contributed by atoms with van der Waals surface area (Å²) < 4.78 is 31.4. The molecule has 4 rings (SSSR count). The van der Waals surface area contributed by atoms with Gasteiger partial charge in [-0.3, -0.25) is 19.1 Å². The third-order valence-corrected chi connectivity index (χ3v) is 6.44. The highest BCUT2D eigenvalue weighted by molar-refractivity contribution is 7.90. The smallest absolute Gasteiger partial charge is 0.255 e. The summed E-state index contributed by atoms with van der Waals surface area (Å²) in [6, 6.07) is 11.1. The van der Waals surface area contributed by atoms with E-state index in [4.69, 9.17) is 4.74 Å². The minimum absolute atomic E-state index is 0.0315. The predicted molar refractivity (Wildman–Crippen MR) is 119 cm³/mol. The molecule has 3 aromatic rings. The Bertz CT molecular complexity index is 1320. The quantitative estimate of drug-likeness (QED) is 0.531. The number of carbonyl (C=O) groups excluding carboxylic acids is 1. The van der Waals surface area contributed by atoms with Crippen LogP contribution in [0.4, 0.5) is 5.95 Å². The molecule has 2 aromatic heterocycles. The molecule has 0 radical (unpaired) electrons. The monoisotopic (exact) mass is 454 g/mol. The molecule has 1 aliphatic heterocycles. The van der Waals surface area contributed by atoms with Crippen LogP contribution in [0, 0.1) is 0 Å². The first kappa shape index (κ1) is 21.8. The van der Waals surface area contributed by atoms with Crippen LogP contribution >= 0.6 is 0 Å². The second-order valence-electron chi connectivity index (χ2n) is 7.51. The van der Waals surface area contributed by atoms with Crippen molar-refractivity contribution >= 4 is 21.6 Å². The molecule has 1 aromatic carbocycles. The molecule has 3 heterocycles. The Morgan fingerprint density at radius 3 is 2.59 bits per heavy atom. The number of aromatic nitrogens is 3. The molecule has 1 atom stereocenters. The second kappa shape index (κ2) is 8.64. The van der Waals surface area contributed by atoms with Crippen LogP contribution in [0.25, 0.3) is 11.3 Å². The predicted octanol–water partition coefficient (Wildman–Crippen LogP) is 1.33. The number of rotatable bonds is 5.